The Labute approximate surface area is 126 Å². The van der Waals surface area contributed by atoms with Crippen molar-refractivity contribution in [2.24, 2.45) is 0 Å². The largest absolute Gasteiger partial charge is 0.496 e. The van der Waals surface area contributed by atoms with E-state index in [0.717, 1.165) is 37.2 Å². The predicted molar refractivity (Wildman–Crippen MR) is 81.2 cm³/mol. The summed E-state index contributed by atoms with van der Waals surface area (Å²) in [5.41, 5.74) is 1.08. The fourth-order valence-electron chi connectivity index (χ4n) is 3.01. The van der Waals surface area contributed by atoms with Gasteiger partial charge in [-0.2, -0.15) is 0 Å². The Morgan fingerprint density at radius 2 is 1.76 bits per heavy atom. The molecule has 1 unspecified atom stereocenters. The second-order valence-electron chi connectivity index (χ2n) is 5.30. The Kier molecular flexibility index (Phi) is 5.70. The number of hydrogen-bond acceptors (Lipinski definition) is 5. The zero-order valence-electron chi connectivity index (χ0n) is 13.1. The lowest BCUT2D eigenvalue weighted by atomic mass is 10.1. The molecule has 0 saturated carbocycles. The molecule has 21 heavy (non-hydrogen) atoms. The summed E-state index contributed by atoms with van der Waals surface area (Å²) in [5.74, 6) is 2.19. The molecule has 0 aromatic heterocycles. The molecule has 1 aromatic carbocycles. The molecule has 0 radical (unpaired) electrons. The van der Waals surface area contributed by atoms with Gasteiger partial charge in [0, 0.05) is 30.8 Å². The molecule has 1 aliphatic rings. The summed E-state index contributed by atoms with van der Waals surface area (Å²) in [4.78, 5) is 2.40. The minimum Gasteiger partial charge on any atom is -0.496 e. The first-order chi connectivity index (χ1) is 10.2. The van der Waals surface area contributed by atoms with Crippen molar-refractivity contribution in [3.63, 3.8) is 0 Å². The van der Waals surface area contributed by atoms with E-state index in [1.165, 1.54) is 6.42 Å². The maximum absolute atomic E-state index is 9.17. The van der Waals surface area contributed by atoms with Crippen molar-refractivity contribution >= 4 is 0 Å². The molecule has 5 nitrogen and oxygen atoms in total. The van der Waals surface area contributed by atoms with Gasteiger partial charge in [-0.25, -0.2) is 0 Å². The highest BCUT2D eigenvalue weighted by molar-refractivity contribution is 5.50. The number of aliphatic hydroxyl groups is 1. The summed E-state index contributed by atoms with van der Waals surface area (Å²) >= 11 is 0. The molecule has 0 bridgehead atoms. The first-order valence-corrected chi connectivity index (χ1v) is 7.37. The van der Waals surface area contributed by atoms with Gasteiger partial charge in [0.2, 0.25) is 0 Å². The third kappa shape index (κ3) is 3.60. The minimum absolute atomic E-state index is 0.240. The number of hydrogen-bond donors (Lipinski definition) is 1. The second-order valence-corrected chi connectivity index (χ2v) is 5.30. The third-order valence-electron chi connectivity index (χ3n) is 4.12. The number of ether oxygens (including phenoxy) is 3. The van der Waals surface area contributed by atoms with Crippen LogP contribution in [0, 0.1) is 0 Å². The van der Waals surface area contributed by atoms with Crippen molar-refractivity contribution < 1.29 is 19.3 Å². The van der Waals surface area contributed by atoms with Gasteiger partial charge >= 0.3 is 0 Å². The van der Waals surface area contributed by atoms with Gasteiger partial charge < -0.3 is 19.3 Å². The molecule has 1 heterocycles. The van der Waals surface area contributed by atoms with Crippen LogP contribution in [0.2, 0.25) is 0 Å². The fraction of sp³-hybridized carbons (Fsp3) is 0.625. The van der Waals surface area contributed by atoms with Gasteiger partial charge in [0.25, 0.3) is 0 Å². The second kappa shape index (κ2) is 7.52. The van der Waals surface area contributed by atoms with Crippen LogP contribution in [0.4, 0.5) is 0 Å². The van der Waals surface area contributed by atoms with E-state index >= 15 is 0 Å². The molecule has 0 aliphatic carbocycles. The SMILES string of the molecule is COc1cc(OC)c(OC)cc1CN1CCCC1CCO. The Hall–Kier alpha value is -1.46. The predicted octanol–water partition coefficient (Wildman–Crippen LogP) is 2.06. The third-order valence-corrected chi connectivity index (χ3v) is 4.12. The highest BCUT2D eigenvalue weighted by Gasteiger charge is 2.25. The minimum atomic E-state index is 0.240. The monoisotopic (exact) mass is 295 g/mol. The molecule has 1 aliphatic heterocycles. The van der Waals surface area contributed by atoms with Crippen LogP contribution in [0.3, 0.4) is 0 Å². The molecule has 2 rings (SSSR count). The van der Waals surface area contributed by atoms with Crippen molar-refractivity contribution in [3.8, 4) is 17.2 Å². The van der Waals surface area contributed by atoms with E-state index in [0.29, 0.717) is 17.5 Å². The van der Waals surface area contributed by atoms with E-state index in [9.17, 15) is 5.11 Å². The number of methoxy groups -OCH3 is 3. The molecular weight excluding hydrogens is 270 g/mol. The summed E-state index contributed by atoms with van der Waals surface area (Å²) in [6.45, 7) is 2.10. The quantitative estimate of drug-likeness (QED) is 0.834. The van der Waals surface area contributed by atoms with Crippen molar-refractivity contribution in [1.82, 2.24) is 4.90 Å². The summed E-state index contributed by atoms with van der Waals surface area (Å²) in [6, 6.07) is 4.30. The summed E-state index contributed by atoms with van der Waals surface area (Å²) < 4.78 is 16.2. The molecule has 1 N–H and O–H groups in total. The first kappa shape index (κ1) is 15.9. The maximum atomic E-state index is 9.17. The van der Waals surface area contributed by atoms with Gasteiger partial charge in [0.1, 0.15) is 5.75 Å². The highest BCUT2D eigenvalue weighted by Crippen LogP contribution is 2.36. The Morgan fingerprint density at radius 3 is 2.38 bits per heavy atom. The molecule has 1 fully saturated rings. The molecular formula is C16H25NO4. The summed E-state index contributed by atoms with van der Waals surface area (Å²) in [5, 5.41) is 9.17. The molecule has 1 saturated heterocycles. The fourth-order valence-corrected chi connectivity index (χ4v) is 3.01. The number of likely N-dealkylation sites (tertiary alicyclic amines) is 1. The lowest BCUT2D eigenvalue weighted by Crippen LogP contribution is -2.29. The van der Waals surface area contributed by atoms with E-state index in [1.54, 1.807) is 21.3 Å². The van der Waals surface area contributed by atoms with E-state index in [4.69, 9.17) is 14.2 Å². The average molecular weight is 295 g/mol. The van der Waals surface area contributed by atoms with Gasteiger partial charge in [0.15, 0.2) is 11.5 Å². The standard InChI is InChI=1S/C16H25NO4/c1-19-14-10-16(21-3)15(20-2)9-12(14)11-17-7-4-5-13(17)6-8-18/h9-10,13,18H,4-8,11H2,1-3H3. The summed E-state index contributed by atoms with van der Waals surface area (Å²) in [6.07, 6.45) is 3.16. The van der Waals surface area contributed by atoms with Gasteiger partial charge in [-0.3, -0.25) is 4.90 Å². The molecule has 118 valence electrons. The molecule has 1 aromatic rings. The van der Waals surface area contributed by atoms with E-state index in [2.05, 4.69) is 4.90 Å². The van der Waals surface area contributed by atoms with Crippen LogP contribution in [0.15, 0.2) is 12.1 Å². The van der Waals surface area contributed by atoms with Crippen LogP contribution in [-0.2, 0) is 6.54 Å². The average Bonchev–Trinajstić information content (AvgIpc) is 2.94. The molecule has 0 spiro atoms. The first-order valence-electron chi connectivity index (χ1n) is 7.37. The van der Waals surface area contributed by atoms with E-state index in [1.807, 2.05) is 12.1 Å². The van der Waals surface area contributed by atoms with Gasteiger partial charge in [0.05, 0.1) is 21.3 Å². The topological polar surface area (TPSA) is 51.2 Å². The lowest BCUT2D eigenvalue weighted by Gasteiger charge is -2.25. The van der Waals surface area contributed by atoms with Crippen LogP contribution in [0.1, 0.15) is 24.8 Å². The van der Waals surface area contributed by atoms with Crippen LogP contribution < -0.4 is 14.2 Å². The number of benzene rings is 1. The molecule has 0 amide bonds. The van der Waals surface area contributed by atoms with Crippen molar-refractivity contribution in [1.29, 1.82) is 0 Å². The molecule has 5 heteroatoms. The van der Waals surface area contributed by atoms with Crippen molar-refractivity contribution in [2.45, 2.75) is 31.8 Å². The van der Waals surface area contributed by atoms with Gasteiger partial charge in [-0.05, 0) is 31.9 Å². The highest BCUT2D eigenvalue weighted by atomic mass is 16.5. The summed E-state index contributed by atoms with van der Waals surface area (Å²) in [7, 11) is 4.92. The van der Waals surface area contributed by atoms with Crippen LogP contribution in [0.5, 0.6) is 17.2 Å². The molecule has 1 atom stereocenters. The van der Waals surface area contributed by atoms with Gasteiger partial charge in [-0.1, -0.05) is 0 Å². The number of nitrogens with zero attached hydrogens (tertiary/aromatic N) is 1. The van der Waals surface area contributed by atoms with Crippen LogP contribution in [-0.4, -0.2) is 50.5 Å². The maximum Gasteiger partial charge on any atom is 0.164 e. The van der Waals surface area contributed by atoms with Crippen molar-refractivity contribution in [3.05, 3.63) is 17.7 Å². The lowest BCUT2D eigenvalue weighted by molar-refractivity contribution is 0.188. The Morgan fingerprint density at radius 1 is 1.10 bits per heavy atom. The number of aliphatic hydroxyl groups excluding tert-OH is 1. The zero-order chi connectivity index (χ0) is 15.2. The van der Waals surface area contributed by atoms with Crippen LogP contribution >= 0.6 is 0 Å². The zero-order valence-corrected chi connectivity index (χ0v) is 13.1. The normalized spacial score (nSPS) is 18.8. The van der Waals surface area contributed by atoms with Crippen molar-refractivity contribution in [2.75, 3.05) is 34.5 Å². The van der Waals surface area contributed by atoms with E-state index < -0.39 is 0 Å². The van der Waals surface area contributed by atoms with Gasteiger partial charge in [-0.15, -0.1) is 0 Å². The Balaban J connectivity index is 2.22. The number of rotatable bonds is 7. The van der Waals surface area contributed by atoms with E-state index in [-0.39, 0.29) is 6.61 Å². The van der Waals surface area contributed by atoms with Crippen LogP contribution in [0.25, 0.3) is 0 Å². The smallest absolute Gasteiger partial charge is 0.164 e. The Bertz CT molecular complexity index is 464.